The van der Waals surface area contributed by atoms with E-state index in [1.807, 2.05) is 0 Å². The number of imidazole rings is 1. The van der Waals surface area contributed by atoms with E-state index in [0.29, 0.717) is 16.7 Å². The van der Waals surface area contributed by atoms with Gasteiger partial charge in [0.15, 0.2) is 0 Å². The first-order chi connectivity index (χ1) is 17.9. The van der Waals surface area contributed by atoms with E-state index >= 15 is 0 Å². The molecule has 4 aromatic rings. The molecule has 1 aliphatic rings. The molecule has 1 saturated carbocycles. The Kier molecular flexibility index (Phi) is 6.53. The number of benzene rings is 1. The summed E-state index contributed by atoms with van der Waals surface area (Å²) in [6.45, 7) is 0. The fourth-order valence-corrected chi connectivity index (χ4v) is 5.18. The fourth-order valence-electron chi connectivity index (χ4n) is 5.18. The maximum atomic E-state index is 13.4. The molecule has 3 heterocycles. The molecule has 1 fully saturated rings. The molecular formula is C26H27N7O4. The Morgan fingerprint density at radius 2 is 1.89 bits per heavy atom. The number of carbonyl (C=O) groups is 2. The second-order valence-electron chi connectivity index (χ2n) is 9.34. The highest BCUT2D eigenvalue weighted by molar-refractivity contribution is 5.92. The number of pyridine rings is 1. The average Bonchev–Trinajstić information content (AvgIpc) is 3.33. The number of aromatic nitrogens is 5. The fraction of sp³-hybridized carbons (Fsp3) is 0.308. The second kappa shape index (κ2) is 9.94. The molecule has 37 heavy (non-hydrogen) atoms. The van der Waals surface area contributed by atoms with Crippen molar-refractivity contribution in [2.45, 2.75) is 50.2 Å². The standard InChI is InChI=1S/C26H27N7O4/c27-23(34)14-26(30-18-4-2-1-3-5-18,33-15-29-21-12-17(25(36)37)6-7-22(21)33)19-13-20(31-32-24(19)35)16-8-10-28-11-9-16/h6-13,15,18,30H,1-5,14H2,(H2,27,34)(H,32,35)(H,36,37). The third kappa shape index (κ3) is 4.73. The van der Waals surface area contributed by atoms with Gasteiger partial charge in [-0.3, -0.25) is 19.9 Å². The number of nitrogens with zero attached hydrogens (tertiary/aromatic N) is 4. The molecule has 0 aliphatic heterocycles. The number of carboxylic acids is 1. The van der Waals surface area contributed by atoms with Crippen molar-refractivity contribution < 1.29 is 14.7 Å². The lowest BCUT2D eigenvalue weighted by atomic mass is 9.89. The minimum Gasteiger partial charge on any atom is -0.478 e. The molecule has 1 aliphatic carbocycles. The summed E-state index contributed by atoms with van der Waals surface area (Å²) in [6.07, 6.45) is 9.43. The van der Waals surface area contributed by atoms with Crippen LogP contribution in [0.15, 0.2) is 59.9 Å². The smallest absolute Gasteiger partial charge is 0.335 e. The molecule has 1 amide bonds. The molecule has 5 N–H and O–H groups in total. The molecule has 0 spiro atoms. The van der Waals surface area contributed by atoms with Crippen LogP contribution in [-0.2, 0) is 10.5 Å². The van der Waals surface area contributed by atoms with Gasteiger partial charge in [0.25, 0.3) is 5.56 Å². The third-order valence-corrected chi connectivity index (χ3v) is 6.91. The predicted molar refractivity (Wildman–Crippen MR) is 136 cm³/mol. The van der Waals surface area contributed by atoms with Gasteiger partial charge in [-0.2, -0.15) is 5.10 Å². The number of hydrogen-bond donors (Lipinski definition) is 4. The summed E-state index contributed by atoms with van der Waals surface area (Å²) >= 11 is 0. The summed E-state index contributed by atoms with van der Waals surface area (Å²) in [5.41, 5.74) is 6.46. The van der Waals surface area contributed by atoms with Gasteiger partial charge in [-0.25, -0.2) is 14.9 Å². The van der Waals surface area contributed by atoms with Gasteiger partial charge in [0.1, 0.15) is 5.66 Å². The SMILES string of the molecule is NC(=O)CC(NC1CCCCC1)(c1cc(-c2ccncc2)n[nH]c1=O)n1cnc2cc(C(=O)O)ccc21. The first kappa shape index (κ1) is 24.3. The summed E-state index contributed by atoms with van der Waals surface area (Å²) in [5, 5.41) is 19.9. The van der Waals surface area contributed by atoms with Gasteiger partial charge < -0.3 is 15.4 Å². The number of nitrogens with one attached hydrogen (secondary N) is 2. The van der Waals surface area contributed by atoms with Crippen molar-refractivity contribution in [3.8, 4) is 11.3 Å². The van der Waals surface area contributed by atoms with Gasteiger partial charge in [-0.1, -0.05) is 19.3 Å². The van der Waals surface area contributed by atoms with Crippen molar-refractivity contribution in [2.75, 3.05) is 0 Å². The predicted octanol–water partition coefficient (Wildman–Crippen LogP) is 2.38. The van der Waals surface area contributed by atoms with Gasteiger partial charge >= 0.3 is 5.97 Å². The summed E-state index contributed by atoms with van der Waals surface area (Å²) in [5.74, 6) is -1.69. The van der Waals surface area contributed by atoms with Crippen molar-refractivity contribution in [3.63, 3.8) is 0 Å². The molecule has 0 bridgehead atoms. The minimum absolute atomic E-state index is 0.0146. The molecule has 11 heteroatoms. The molecule has 0 radical (unpaired) electrons. The number of rotatable bonds is 8. The lowest BCUT2D eigenvalue weighted by Gasteiger charge is -2.40. The van der Waals surface area contributed by atoms with E-state index in [2.05, 4.69) is 25.5 Å². The monoisotopic (exact) mass is 501 g/mol. The summed E-state index contributed by atoms with van der Waals surface area (Å²) in [7, 11) is 0. The molecular weight excluding hydrogens is 474 g/mol. The minimum atomic E-state index is -1.40. The zero-order valence-electron chi connectivity index (χ0n) is 20.1. The zero-order chi connectivity index (χ0) is 26.0. The third-order valence-electron chi connectivity index (χ3n) is 6.91. The van der Waals surface area contributed by atoms with Crippen molar-refractivity contribution >= 4 is 22.9 Å². The van der Waals surface area contributed by atoms with Crippen LogP contribution in [0.1, 0.15) is 54.4 Å². The first-order valence-electron chi connectivity index (χ1n) is 12.1. The maximum absolute atomic E-state index is 13.4. The van der Waals surface area contributed by atoms with Crippen molar-refractivity contribution in [2.24, 2.45) is 5.73 Å². The molecule has 3 aromatic heterocycles. The normalized spacial score (nSPS) is 15.9. The number of fused-ring (bicyclic) bond motifs is 1. The lowest BCUT2D eigenvalue weighted by Crippen LogP contribution is -2.57. The van der Waals surface area contributed by atoms with Crippen LogP contribution in [0.25, 0.3) is 22.3 Å². The van der Waals surface area contributed by atoms with Crippen LogP contribution in [-0.4, -0.2) is 47.8 Å². The number of carbonyl (C=O) groups excluding carboxylic acids is 1. The Balaban J connectivity index is 1.77. The lowest BCUT2D eigenvalue weighted by molar-refractivity contribution is -0.120. The van der Waals surface area contributed by atoms with Crippen molar-refractivity contribution in [1.82, 2.24) is 30.0 Å². The molecule has 5 rings (SSSR count). The summed E-state index contributed by atoms with van der Waals surface area (Å²) in [4.78, 5) is 46.0. The van der Waals surface area contributed by atoms with Gasteiger partial charge in [0, 0.05) is 24.0 Å². The van der Waals surface area contributed by atoms with E-state index in [1.165, 1.54) is 18.5 Å². The number of aromatic carboxylic acids is 1. The van der Waals surface area contributed by atoms with Crippen LogP contribution in [0, 0.1) is 0 Å². The van der Waals surface area contributed by atoms with Crippen LogP contribution in [0.4, 0.5) is 0 Å². The molecule has 1 aromatic carbocycles. The van der Waals surface area contributed by atoms with E-state index in [-0.39, 0.29) is 23.6 Å². The van der Waals surface area contributed by atoms with E-state index in [1.54, 1.807) is 41.2 Å². The second-order valence-corrected chi connectivity index (χ2v) is 9.34. The molecule has 1 atom stereocenters. The summed E-state index contributed by atoms with van der Waals surface area (Å²) < 4.78 is 1.72. The highest BCUT2D eigenvalue weighted by Gasteiger charge is 2.42. The largest absolute Gasteiger partial charge is 0.478 e. The van der Waals surface area contributed by atoms with Crippen LogP contribution >= 0.6 is 0 Å². The van der Waals surface area contributed by atoms with Gasteiger partial charge in [0.2, 0.25) is 5.91 Å². The maximum Gasteiger partial charge on any atom is 0.335 e. The van der Waals surface area contributed by atoms with E-state index in [9.17, 15) is 19.5 Å². The molecule has 190 valence electrons. The van der Waals surface area contributed by atoms with E-state index in [0.717, 1.165) is 37.7 Å². The number of amides is 1. The number of primary amides is 1. The molecule has 0 saturated heterocycles. The Hall–Kier alpha value is -4.38. The number of hydrogen-bond acceptors (Lipinski definition) is 7. The van der Waals surface area contributed by atoms with E-state index in [4.69, 9.17) is 5.73 Å². The molecule has 11 nitrogen and oxygen atoms in total. The van der Waals surface area contributed by atoms with Crippen LogP contribution in [0.5, 0.6) is 0 Å². The van der Waals surface area contributed by atoms with Gasteiger partial charge in [-0.05, 0) is 49.2 Å². The van der Waals surface area contributed by atoms with Crippen molar-refractivity contribution in [1.29, 1.82) is 0 Å². The number of nitrogens with two attached hydrogens (primary N) is 1. The number of aromatic amines is 1. The van der Waals surface area contributed by atoms with E-state index < -0.39 is 23.1 Å². The zero-order valence-corrected chi connectivity index (χ0v) is 20.1. The Morgan fingerprint density at radius 3 is 2.59 bits per heavy atom. The van der Waals surface area contributed by atoms with Gasteiger partial charge in [0.05, 0.1) is 40.6 Å². The van der Waals surface area contributed by atoms with Crippen molar-refractivity contribution in [3.05, 3.63) is 76.6 Å². The molecule has 1 unspecified atom stereocenters. The van der Waals surface area contributed by atoms with Gasteiger partial charge in [-0.15, -0.1) is 0 Å². The van der Waals surface area contributed by atoms with Crippen LogP contribution in [0.2, 0.25) is 0 Å². The Morgan fingerprint density at radius 1 is 1.14 bits per heavy atom. The first-order valence-corrected chi connectivity index (χ1v) is 12.1. The number of H-pyrrole nitrogens is 1. The quantitative estimate of drug-likeness (QED) is 0.285. The Labute approximate surface area is 211 Å². The topological polar surface area (TPSA) is 169 Å². The summed E-state index contributed by atoms with van der Waals surface area (Å²) in [6, 6.07) is 9.78. The highest BCUT2D eigenvalue weighted by atomic mass is 16.4. The Bertz CT molecular complexity index is 1510. The number of carboxylic acid groups (broad SMARTS) is 1. The van der Waals surface area contributed by atoms with Crippen LogP contribution < -0.4 is 16.6 Å². The average molecular weight is 502 g/mol. The van der Waals surface area contributed by atoms with Crippen LogP contribution in [0.3, 0.4) is 0 Å². The highest BCUT2D eigenvalue weighted by Crippen LogP contribution is 2.33.